The maximum Gasteiger partial charge on any atom is 0.319 e. The van der Waals surface area contributed by atoms with Crippen LogP contribution in [0.3, 0.4) is 0 Å². The third-order valence-corrected chi connectivity index (χ3v) is 3.71. The number of carbonyl (C=O) groups is 2. The third-order valence-electron chi connectivity index (χ3n) is 2.55. The average molecular weight is 238 g/mol. The van der Waals surface area contributed by atoms with E-state index in [1.54, 1.807) is 0 Å². The first kappa shape index (κ1) is 13.6. The number of carboxylic acids is 2. The van der Waals surface area contributed by atoms with Crippen molar-refractivity contribution < 1.29 is 19.8 Å². The van der Waals surface area contributed by atoms with Crippen molar-refractivity contribution in [3.8, 4) is 0 Å². The molecule has 0 aromatic heterocycles. The molecule has 0 saturated carbocycles. The Kier molecular flexibility index (Phi) is 3.92. The number of aliphatic carboxylic acids is 2. The highest BCUT2D eigenvalue weighted by atomic mass is 32.1. The van der Waals surface area contributed by atoms with Crippen LogP contribution in [0.4, 0.5) is 0 Å². The van der Waals surface area contributed by atoms with Gasteiger partial charge in [-0.1, -0.05) is 6.92 Å². The van der Waals surface area contributed by atoms with Gasteiger partial charge in [-0.2, -0.15) is 25.3 Å². The summed E-state index contributed by atoms with van der Waals surface area (Å²) in [6.45, 7) is 4.23. The molecule has 0 saturated heterocycles. The molecular weight excluding hydrogens is 224 g/mol. The Balaban J connectivity index is 5.04. The predicted molar refractivity (Wildman–Crippen MR) is 59.2 cm³/mol. The van der Waals surface area contributed by atoms with Gasteiger partial charge in [0.05, 0.1) is 0 Å². The van der Waals surface area contributed by atoms with Gasteiger partial charge in [-0.25, -0.2) is 0 Å². The van der Waals surface area contributed by atoms with Gasteiger partial charge in [0.25, 0.3) is 0 Å². The molecule has 2 unspecified atom stereocenters. The molecule has 0 aromatic rings. The first-order valence-electron chi connectivity index (χ1n) is 3.96. The first-order chi connectivity index (χ1) is 6.04. The lowest BCUT2D eigenvalue weighted by atomic mass is 9.83. The van der Waals surface area contributed by atoms with Crippen molar-refractivity contribution in [2.24, 2.45) is 5.92 Å². The summed E-state index contributed by atoms with van der Waals surface area (Å²) in [5, 5.41) is 17.7. The van der Waals surface area contributed by atoms with Crippen LogP contribution in [-0.4, -0.2) is 31.6 Å². The molecule has 0 bridgehead atoms. The number of carboxylic acid groups (broad SMARTS) is 2. The SMILES string of the molecule is CC(C(C)(S)C(=O)O)C(C)(S)C(=O)O. The summed E-state index contributed by atoms with van der Waals surface area (Å²) in [6, 6.07) is 0. The van der Waals surface area contributed by atoms with E-state index in [4.69, 9.17) is 10.2 Å². The second-order valence-corrected chi connectivity index (χ2v) is 5.49. The molecule has 14 heavy (non-hydrogen) atoms. The fraction of sp³-hybridized carbons (Fsp3) is 0.750. The molecule has 0 aromatic carbocycles. The van der Waals surface area contributed by atoms with Crippen LogP contribution in [0.5, 0.6) is 0 Å². The summed E-state index contributed by atoms with van der Waals surface area (Å²) in [5.41, 5.74) is 0. The minimum Gasteiger partial charge on any atom is -0.480 e. The van der Waals surface area contributed by atoms with Crippen LogP contribution in [0.2, 0.25) is 0 Å². The second kappa shape index (κ2) is 4.02. The van der Waals surface area contributed by atoms with Gasteiger partial charge in [0, 0.05) is 5.92 Å². The van der Waals surface area contributed by atoms with Gasteiger partial charge in [0.2, 0.25) is 0 Å². The summed E-state index contributed by atoms with van der Waals surface area (Å²) in [4.78, 5) is 21.7. The number of thiol groups is 2. The second-order valence-electron chi connectivity index (χ2n) is 3.63. The van der Waals surface area contributed by atoms with Crippen LogP contribution in [0.25, 0.3) is 0 Å². The van der Waals surface area contributed by atoms with Crippen LogP contribution in [0, 0.1) is 5.92 Å². The van der Waals surface area contributed by atoms with Gasteiger partial charge in [-0.3, -0.25) is 9.59 Å². The molecule has 0 amide bonds. The van der Waals surface area contributed by atoms with E-state index in [1.165, 1.54) is 20.8 Å². The number of rotatable bonds is 4. The van der Waals surface area contributed by atoms with E-state index >= 15 is 0 Å². The van der Waals surface area contributed by atoms with E-state index in [2.05, 4.69) is 25.3 Å². The van der Waals surface area contributed by atoms with Crippen molar-refractivity contribution in [2.75, 3.05) is 0 Å². The highest BCUT2D eigenvalue weighted by Crippen LogP contribution is 2.37. The molecule has 0 fully saturated rings. The van der Waals surface area contributed by atoms with Crippen molar-refractivity contribution >= 4 is 37.2 Å². The summed E-state index contributed by atoms with van der Waals surface area (Å²) < 4.78 is -2.84. The largest absolute Gasteiger partial charge is 0.480 e. The number of hydrogen-bond donors (Lipinski definition) is 4. The van der Waals surface area contributed by atoms with E-state index < -0.39 is 27.4 Å². The van der Waals surface area contributed by atoms with Gasteiger partial charge in [0.15, 0.2) is 0 Å². The predicted octanol–water partition coefficient (Wildman–Crippen LogP) is 1.17. The van der Waals surface area contributed by atoms with Crippen LogP contribution >= 0.6 is 25.3 Å². The Morgan fingerprint density at radius 1 is 1.07 bits per heavy atom. The minimum absolute atomic E-state index is 0.725. The molecule has 4 nitrogen and oxygen atoms in total. The van der Waals surface area contributed by atoms with Crippen molar-refractivity contribution in [2.45, 2.75) is 30.3 Å². The smallest absolute Gasteiger partial charge is 0.319 e. The molecule has 0 radical (unpaired) electrons. The lowest BCUT2D eigenvalue weighted by Gasteiger charge is -2.35. The topological polar surface area (TPSA) is 74.6 Å². The Morgan fingerprint density at radius 3 is 1.43 bits per heavy atom. The summed E-state index contributed by atoms with van der Waals surface area (Å²) >= 11 is 7.91. The zero-order valence-corrected chi connectivity index (χ0v) is 9.97. The molecule has 2 N–H and O–H groups in total. The Morgan fingerprint density at radius 2 is 1.29 bits per heavy atom. The monoisotopic (exact) mass is 238 g/mol. The fourth-order valence-electron chi connectivity index (χ4n) is 0.918. The minimum atomic E-state index is -1.42. The van der Waals surface area contributed by atoms with E-state index in [9.17, 15) is 9.59 Å². The molecule has 6 heteroatoms. The van der Waals surface area contributed by atoms with Gasteiger partial charge in [0.1, 0.15) is 9.49 Å². The third kappa shape index (κ3) is 2.36. The highest BCUT2D eigenvalue weighted by Gasteiger charge is 2.48. The summed E-state index contributed by atoms with van der Waals surface area (Å²) in [6.07, 6.45) is 0. The van der Waals surface area contributed by atoms with Gasteiger partial charge < -0.3 is 10.2 Å². The van der Waals surface area contributed by atoms with E-state index in [1.807, 2.05) is 0 Å². The van der Waals surface area contributed by atoms with E-state index in [-0.39, 0.29) is 0 Å². The standard InChI is InChI=1S/C8H14O4S2/c1-4(7(2,13)5(9)10)8(3,14)6(11)12/h4,13-14H,1-3H3,(H,9,10)(H,11,12). The Labute approximate surface area is 93.5 Å². The molecule has 82 valence electrons. The normalized spacial score (nSPS) is 21.8. The lowest BCUT2D eigenvalue weighted by molar-refractivity contribution is -0.144. The molecule has 2 atom stereocenters. The van der Waals surface area contributed by atoms with Crippen LogP contribution in [0.1, 0.15) is 20.8 Å². The molecule has 0 aliphatic carbocycles. The van der Waals surface area contributed by atoms with Gasteiger partial charge in [-0.05, 0) is 13.8 Å². The zero-order chi connectivity index (χ0) is 11.7. The van der Waals surface area contributed by atoms with Crippen molar-refractivity contribution in [1.82, 2.24) is 0 Å². The maximum absolute atomic E-state index is 10.8. The summed E-state index contributed by atoms with van der Waals surface area (Å²) in [7, 11) is 0. The highest BCUT2D eigenvalue weighted by molar-refractivity contribution is 7.83. The fourth-order valence-corrected chi connectivity index (χ4v) is 1.54. The van der Waals surface area contributed by atoms with Crippen LogP contribution in [-0.2, 0) is 9.59 Å². The Hall–Kier alpha value is -0.360. The summed E-state index contributed by atoms with van der Waals surface area (Å²) in [5.74, 6) is -3.04. The average Bonchev–Trinajstić information content (AvgIpc) is 2.02. The van der Waals surface area contributed by atoms with Crippen molar-refractivity contribution in [3.05, 3.63) is 0 Å². The number of hydrogen-bond acceptors (Lipinski definition) is 4. The van der Waals surface area contributed by atoms with Gasteiger partial charge in [-0.15, -0.1) is 0 Å². The van der Waals surface area contributed by atoms with Crippen LogP contribution in [0.15, 0.2) is 0 Å². The van der Waals surface area contributed by atoms with Gasteiger partial charge >= 0.3 is 11.9 Å². The molecular formula is C8H14O4S2. The Bertz CT molecular complexity index is 234. The van der Waals surface area contributed by atoms with Crippen LogP contribution < -0.4 is 0 Å². The quantitative estimate of drug-likeness (QED) is 0.555. The van der Waals surface area contributed by atoms with E-state index in [0.717, 1.165) is 0 Å². The lowest BCUT2D eigenvalue weighted by Crippen LogP contribution is -2.49. The zero-order valence-electron chi connectivity index (χ0n) is 8.18. The van der Waals surface area contributed by atoms with Crippen molar-refractivity contribution in [1.29, 1.82) is 0 Å². The molecule has 0 rings (SSSR count). The maximum atomic E-state index is 10.8. The molecule has 0 aliphatic heterocycles. The molecule has 0 aliphatic rings. The molecule has 0 heterocycles. The van der Waals surface area contributed by atoms with E-state index in [0.29, 0.717) is 0 Å². The van der Waals surface area contributed by atoms with Crippen molar-refractivity contribution in [3.63, 3.8) is 0 Å². The molecule has 0 spiro atoms. The first-order valence-corrected chi connectivity index (χ1v) is 4.85.